The first-order valence-corrected chi connectivity index (χ1v) is 6.89. The summed E-state index contributed by atoms with van der Waals surface area (Å²) in [6.45, 7) is 0. The summed E-state index contributed by atoms with van der Waals surface area (Å²) in [5, 5.41) is -6.08. The van der Waals surface area contributed by atoms with Crippen LogP contribution < -0.4 is 4.57 Å². The van der Waals surface area contributed by atoms with Crippen molar-refractivity contribution in [3.8, 4) is 0 Å². The smallest absolute Gasteiger partial charge is 0.483 e. The first-order chi connectivity index (χ1) is 10.4. The number of alkyl halides is 8. The average molecular weight is 394 g/mol. The summed E-state index contributed by atoms with van der Waals surface area (Å²) < 4.78 is 129. The lowest BCUT2D eigenvalue weighted by Gasteiger charge is -2.27. The molecular weight excluding hydrogens is 384 g/mol. The largest absolute Gasteiger partial charge is 0.743 e. The highest BCUT2D eigenvalue weighted by molar-refractivity contribution is 7.86. The average Bonchev–Trinajstić information content (AvgIpc) is 2.70. The highest BCUT2D eigenvalue weighted by Crippen LogP contribution is 2.40. The Morgan fingerprint density at radius 1 is 1.17 bits per heavy atom. The summed E-state index contributed by atoms with van der Waals surface area (Å²) >= 11 is 0. The third-order valence-electron chi connectivity index (χ3n) is 2.08. The Morgan fingerprint density at radius 3 is 1.83 bits per heavy atom. The molecule has 1 aromatic heterocycles. The molecule has 6 nitrogen and oxygen atoms in total. The van der Waals surface area contributed by atoms with Crippen LogP contribution in [0.15, 0.2) is 18.7 Å². The van der Waals surface area contributed by atoms with Crippen molar-refractivity contribution in [2.75, 3.05) is 0 Å². The molecule has 0 aliphatic rings. The fourth-order valence-electron chi connectivity index (χ4n) is 0.953. The molecule has 0 bridgehead atoms. The minimum absolute atomic E-state index is 1.94. The number of aromatic nitrogens is 2. The van der Waals surface area contributed by atoms with Crippen molar-refractivity contribution in [2.45, 2.75) is 23.9 Å². The second-order valence-corrected chi connectivity index (χ2v) is 5.66. The van der Waals surface area contributed by atoms with Gasteiger partial charge in [0.25, 0.3) is 6.36 Å². The van der Waals surface area contributed by atoms with Gasteiger partial charge in [0.05, 0.1) is 14.1 Å². The van der Waals surface area contributed by atoms with E-state index in [1.54, 1.807) is 0 Å². The fraction of sp³-hybridized carbons (Fsp3) is 0.667. The summed E-state index contributed by atoms with van der Waals surface area (Å²) in [4.78, 5) is 0. The number of ether oxygens (including phenoxy) is 1. The van der Waals surface area contributed by atoms with E-state index in [1.807, 2.05) is 46.7 Å². The first-order valence-electron chi connectivity index (χ1n) is 5.48. The van der Waals surface area contributed by atoms with Crippen LogP contribution in [0.4, 0.5) is 35.1 Å². The van der Waals surface area contributed by atoms with Gasteiger partial charge in [0.2, 0.25) is 6.33 Å². The normalized spacial score (nSPS) is 14.8. The molecule has 0 saturated heterocycles. The topological polar surface area (TPSA) is 75.2 Å². The van der Waals surface area contributed by atoms with Gasteiger partial charge in [-0.2, -0.15) is 30.7 Å². The number of rotatable bonds is 4. The summed E-state index contributed by atoms with van der Waals surface area (Å²) in [6.07, 6.45) is -11.9. The summed E-state index contributed by atoms with van der Waals surface area (Å²) in [7, 11) is -2.80. The minimum atomic E-state index is -6.80. The lowest BCUT2D eigenvalue weighted by atomic mass is 10.6. The molecule has 0 N–H and O–H groups in total. The predicted octanol–water partition coefficient (Wildman–Crippen LogP) is 1.44. The van der Waals surface area contributed by atoms with Crippen molar-refractivity contribution in [1.82, 2.24) is 4.57 Å². The van der Waals surface area contributed by atoms with Gasteiger partial charge in [-0.15, -0.1) is 0 Å². The Hall–Kier alpha value is -1.48. The van der Waals surface area contributed by atoms with Crippen LogP contribution in [-0.2, 0) is 29.0 Å². The van der Waals surface area contributed by atoms with Crippen molar-refractivity contribution in [1.29, 1.82) is 0 Å². The summed E-state index contributed by atoms with van der Waals surface area (Å²) in [6, 6.07) is 0. The number of halogens is 8. The molecule has 0 saturated carbocycles. The quantitative estimate of drug-likeness (QED) is 0.440. The van der Waals surface area contributed by atoms with Gasteiger partial charge in [0, 0.05) is 0 Å². The maximum atomic E-state index is 12.2. The standard InChI is InChI=1S/C5H9N2.C4H2F8O4S/c1-6-3-4-7(2)5-6;5-1(2(6,7)17(13,14)15)16-4(11,12)3(8,9)10/h3-5H,1-2H3;1H,(H,13,14,15)/q+1;/p-1. The second-order valence-electron chi connectivity index (χ2n) is 4.21. The lowest BCUT2D eigenvalue weighted by molar-refractivity contribution is -0.670. The van der Waals surface area contributed by atoms with Gasteiger partial charge in [-0.3, -0.25) is 4.74 Å². The van der Waals surface area contributed by atoms with E-state index >= 15 is 0 Å². The molecule has 15 heteroatoms. The van der Waals surface area contributed by atoms with Crippen LogP contribution in [0, 0.1) is 0 Å². The summed E-state index contributed by atoms with van der Waals surface area (Å²) in [5.74, 6) is 0. The zero-order chi connectivity index (χ0) is 19.6. The molecule has 0 radical (unpaired) electrons. The third-order valence-corrected chi connectivity index (χ3v) is 2.93. The van der Waals surface area contributed by atoms with Gasteiger partial charge in [-0.1, -0.05) is 0 Å². The monoisotopic (exact) mass is 394 g/mol. The van der Waals surface area contributed by atoms with E-state index in [4.69, 9.17) is 0 Å². The van der Waals surface area contributed by atoms with Crippen LogP contribution in [0.2, 0.25) is 0 Å². The Kier molecular flexibility index (Phi) is 6.74. The number of hydrogen-bond acceptors (Lipinski definition) is 4. The predicted molar refractivity (Wildman–Crippen MR) is 58.2 cm³/mol. The van der Waals surface area contributed by atoms with Gasteiger partial charge in [0.15, 0.2) is 10.1 Å². The second kappa shape index (κ2) is 7.18. The Labute approximate surface area is 130 Å². The number of hydrogen-bond donors (Lipinski definition) is 0. The molecule has 1 heterocycles. The van der Waals surface area contributed by atoms with Crippen LogP contribution in [0.25, 0.3) is 0 Å². The van der Waals surface area contributed by atoms with Crippen LogP contribution in [0.5, 0.6) is 0 Å². The molecule has 0 aromatic carbocycles. The van der Waals surface area contributed by atoms with Gasteiger partial charge in [-0.05, 0) is 0 Å². The van der Waals surface area contributed by atoms with E-state index in [0.717, 1.165) is 0 Å². The van der Waals surface area contributed by atoms with Gasteiger partial charge >= 0.3 is 17.5 Å². The molecule has 142 valence electrons. The molecule has 0 aliphatic carbocycles. The van der Waals surface area contributed by atoms with Gasteiger partial charge < -0.3 is 4.55 Å². The van der Waals surface area contributed by atoms with E-state index in [2.05, 4.69) is 0 Å². The van der Waals surface area contributed by atoms with Crippen LogP contribution in [0.3, 0.4) is 0 Å². The van der Waals surface area contributed by atoms with E-state index in [9.17, 15) is 48.1 Å². The van der Waals surface area contributed by atoms with E-state index < -0.39 is 34.0 Å². The first kappa shape index (κ1) is 22.5. The van der Waals surface area contributed by atoms with Crippen molar-refractivity contribution in [3.63, 3.8) is 0 Å². The number of imidazole rings is 1. The SMILES string of the molecule is Cn1cc[n+](C)c1.O=S(=O)([O-])C(F)(F)C(F)OC(F)(F)C(F)(F)F. The zero-order valence-corrected chi connectivity index (χ0v) is 12.6. The Morgan fingerprint density at radius 2 is 1.62 bits per heavy atom. The van der Waals surface area contributed by atoms with Gasteiger partial charge in [-0.25, -0.2) is 21.9 Å². The molecule has 1 unspecified atom stereocenters. The van der Waals surface area contributed by atoms with E-state index in [-0.39, 0.29) is 0 Å². The fourth-order valence-corrected chi connectivity index (χ4v) is 1.23. The number of aryl methyl sites for hydroxylation is 2. The Balaban J connectivity index is 0.000000620. The van der Waals surface area contributed by atoms with Crippen molar-refractivity contribution >= 4 is 10.1 Å². The highest BCUT2D eigenvalue weighted by atomic mass is 32.2. The van der Waals surface area contributed by atoms with E-state index in [0.29, 0.717) is 0 Å². The Bertz CT molecular complexity index is 626. The molecule has 0 amide bonds. The van der Waals surface area contributed by atoms with Crippen molar-refractivity contribution < 1.29 is 57.4 Å². The van der Waals surface area contributed by atoms with Crippen molar-refractivity contribution in [3.05, 3.63) is 18.7 Å². The summed E-state index contributed by atoms with van der Waals surface area (Å²) in [5.41, 5.74) is 0. The lowest BCUT2D eigenvalue weighted by Crippen LogP contribution is -2.48. The molecule has 0 aliphatic heterocycles. The van der Waals surface area contributed by atoms with E-state index in [1.165, 1.54) is 0 Å². The molecule has 0 spiro atoms. The molecule has 0 fully saturated rings. The molecular formula is C9H10F8N2O4S. The maximum Gasteiger partial charge on any atom is 0.483 e. The van der Waals surface area contributed by atoms with Crippen LogP contribution >= 0.6 is 0 Å². The molecule has 1 aromatic rings. The molecule has 24 heavy (non-hydrogen) atoms. The highest BCUT2D eigenvalue weighted by Gasteiger charge is 2.64. The van der Waals surface area contributed by atoms with Crippen LogP contribution in [-0.4, -0.2) is 41.4 Å². The van der Waals surface area contributed by atoms with Gasteiger partial charge in [0.1, 0.15) is 12.4 Å². The molecule has 1 rings (SSSR count). The zero-order valence-electron chi connectivity index (χ0n) is 11.8. The molecule has 1 atom stereocenters. The van der Waals surface area contributed by atoms with Crippen LogP contribution in [0.1, 0.15) is 0 Å². The van der Waals surface area contributed by atoms with Crippen molar-refractivity contribution in [2.24, 2.45) is 14.1 Å². The third kappa shape index (κ3) is 5.86. The number of nitrogens with zero attached hydrogens (tertiary/aromatic N) is 2. The minimum Gasteiger partial charge on any atom is -0.743 e. The maximum absolute atomic E-state index is 12.2.